The number of carbonyl (C=O) groups is 2. The van der Waals surface area contributed by atoms with Crippen LogP contribution in [0.5, 0.6) is 5.88 Å². The van der Waals surface area contributed by atoms with Crippen molar-refractivity contribution >= 4 is 34.2 Å². The van der Waals surface area contributed by atoms with Crippen molar-refractivity contribution < 1.29 is 14.3 Å². The summed E-state index contributed by atoms with van der Waals surface area (Å²) in [6.45, 7) is 5.51. The van der Waals surface area contributed by atoms with Crippen molar-refractivity contribution in [2.45, 2.75) is 20.8 Å². The van der Waals surface area contributed by atoms with E-state index in [4.69, 9.17) is 4.74 Å². The molecule has 0 atom stereocenters. The monoisotopic (exact) mass is 443 g/mol. The maximum absolute atomic E-state index is 12.6. The Bertz CT molecular complexity index is 1350. The molecule has 4 aromatic rings. The molecular formula is C25H25N5O3. The molecule has 0 saturated heterocycles. The Labute approximate surface area is 191 Å². The number of ether oxygens (including phenoxy) is 1. The molecule has 2 amide bonds. The molecule has 8 heteroatoms. The van der Waals surface area contributed by atoms with Crippen LogP contribution in [0.15, 0.2) is 54.6 Å². The highest BCUT2D eigenvalue weighted by molar-refractivity contribution is 6.05. The summed E-state index contributed by atoms with van der Waals surface area (Å²) in [7, 11) is 1.79. The van der Waals surface area contributed by atoms with Crippen molar-refractivity contribution in [1.82, 2.24) is 14.8 Å². The summed E-state index contributed by atoms with van der Waals surface area (Å²) in [6, 6.07) is 16.2. The summed E-state index contributed by atoms with van der Waals surface area (Å²) >= 11 is 0. The number of hydrogen-bond acceptors (Lipinski definition) is 5. The Balaban J connectivity index is 1.45. The van der Waals surface area contributed by atoms with Gasteiger partial charge in [0.1, 0.15) is 0 Å². The summed E-state index contributed by atoms with van der Waals surface area (Å²) < 4.78 is 7.38. The lowest BCUT2D eigenvalue weighted by molar-refractivity contribution is -0.118. The van der Waals surface area contributed by atoms with Gasteiger partial charge in [0.15, 0.2) is 12.3 Å². The molecular weight excluding hydrogens is 418 g/mol. The molecule has 0 aliphatic heterocycles. The number of carbonyl (C=O) groups excluding carboxylic acids is 2. The third kappa shape index (κ3) is 4.69. The van der Waals surface area contributed by atoms with Crippen LogP contribution in [-0.2, 0) is 11.8 Å². The molecule has 0 aliphatic rings. The summed E-state index contributed by atoms with van der Waals surface area (Å²) in [5, 5.41) is 10.9. The van der Waals surface area contributed by atoms with E-state index in [-0.39, 0.29) is 18.4 Å². The zero-order valence-corrected chi connectivity index (χ0v) is 19.0. The van der Waals surface area contributed by atoms with Crippen molar-refractivity contribution in [2.75, 3.05) is 17.2 Å². The molecule has 0 bridgehead atoms. The van der Waals surface area contributed by atoms with Crippen LogP contribution in [0.2, 0.25) is 0 Å². The van der Waals surface area contributed by atoms with Crippen molar-refractivity contribution in [1.29, 1.82) is 0 Å². The number of rotatable bonds is 6. The van der Waals surface area contributed by atoms with Gasteiger partial charge in [-0.05, 0) is 62.2 Å². The van der Waals surface area contributed by atoms with Gasteiger partial charge >= 0.3 is 0 Å². The maximum atomic E-state index is 12.6. The largest absolute Gasteiger partial charge is 0.466 e. The van der Waals surface area contributed by atoms with Gasteiger partial charge in [0.05, 0.1) is 5.39 Å². The van der Waals surface area contributed by atoms with Crippen LogP contribution >= 0.6 is 0 Å². The van der Waals surface area contributed by atoms with E-state index in [9.17, 15) is 9.59 Å². The Kier molecular flexibility index (Phi) is 6.08. The van der Waals surface area contributed by atoms with E-state index in [2.05, 4.69) is 20.7 Å². The highest BCUT2D eigenvalue weighted by atomic mass is 16.5. The molecule has 33 heavy (non-hydrogen) atoms. The fraction of sp³-hybridized carbons (Fsp3) is 0.200. The molecule has 2 aromatic heterocycles. The van der Waals surface area contributed by atoms with Gasteiger partial charge in [-0.25, -0.2) is 9.67 Å². The maximum Gasteiger partial charge on any atom is 0.262 e. The minimum atomic E-state index is -0.332. The molecule has 2 aromatic carbocycles. The number of aryl methyl sites for hydroxylation is 3. The molecule has 4 rings (SSSR count). The number of aromatic nitrogens is 3. The topological polar surface area (TPSA) is 98.1 Å². The minimum Gasteiger partial charge on any atom is -0.466 e. The van der Waals surface area contributed by atoms with Gasteiger partial charge < -0.3 is 15.4 Å². The summed E-state index contributed by atoms with van der Waals surface area (Å²) in [5.74, 6) is -0.179. The lowest BCUT2D eigenvalue weighted by atomic mass is 10.1. The number of fused-ring (bicyclic) bond motifs is 1. The first-order valence-corrected chi connectivity index (χ1v) is 10.5. The van der Waals surface area contributed by atoms with Crippen LogP contribution in [0, 0.1) is 20.8 Å². The lowest BCUT2D eigenvalue weighted by Crippen LogP contribution is -2.21. The molecule has 0 saturated carbocycles. The second kappa shape index (κ2) is 9.12. The average Bonchev–Trinajstić information content (AvgIpc) is 3.11. The second-order valence-electron chi connectivity index (χ2n) is 7.84. The Morgan fingerprint density at radius 1 is 0.970 bits per heavy atom. The Hall–Kier alpha value is -4.20. The quantitative estimate of drug-likeness (QED) is 0.466. The number of hydrogen-bond donors (Lipinski definition) is 2. The molecule has 0 unspecified atom stereocenters. The van der Waals surface area contributed by atoms with Crippen LogP contribution in [0.1, 0.15) is 27.2 Å². The van der Waals surface area contributed by atoms with Gasteiger partial charge in [-0.3, -0.25) is 9.59 Å². The van der Waals surface area contributed by atoms with Crippen LogP contribution in [0.25, 0.3) is 11.0 Å². The zero-order chi connectivity index (χ0) is 23.5. The number of nitrogens with one attached hydrogen (secondary N) is 2. The Morgan fingerprint density at radius 3 is 2.39 bits per heavy atom. The minimum absolute atomic E-state index is 0.209. The van der Waals surface area contributed by atoms with Crippen molar-refractivity contribution in [3.8, 4) is 5.88 Å². The van der Waals surface area contributed by atoms with Gasteiger partial charge in [0.25, 0.3) is 11.8 Å². The number of amides is 2. The van der Waals surface area contributed by atoms with Gasteiger partial charge in [0, 0.05) is 29.7 Å². The van der Waals surface area contributed by atoms with Crippen molar-refractivity contribution in [3.05, 3.63) is 77.0 Å². The molecule has 0 aliphatic carbocycles. The molecule has 0 fully saturated rings. The smallest absolute Gasteiger partial charge is 0.262 e. The van der Waals surface area contributed by atoms with Crippen LogP contribution in [0.3, 0.4) is 0 Å². The van der Waals surface area contributed by atoms with Crippen molar-refractivity contribution in [3.63, 3.8) is 0 Å². The summed E-state index contributed by atoms with van der Waals surface area (Å²) in [4.78, 5) is 29.6. The van der Waals surface area contributed by atoms with Gasteiger partial charge in [0.2, 0.25) is 5.88 Å². The summed E-state index contributed by atoms with van der Waals surface area (Å²) in [6.07, 6.45) is 0. The first-order chi connectivity index (χ1) is 15.8. The SMILES string of the molecule is Cc1cc(C)c2c(OCC(=O)Nc3cccc(NC(=O)c4ccccc4)c3C)nn(C)c2n1. The number of pyridine rings is 1. The lowest BCUT2D eigenvalue weighted by Gasteiger charge is -2.14. The molecule has 8 nitrogen and oxygen atoms in total. The van der Waals surface area contributed by atoms with E-state index >= 15 is 0 Å². The highest BCUT2D eigenvalue weighted by Crippen LogP contribution is 2.27. The van der Waals surface area contributed by atoms with Crippen LogP contribution in [0.4, 0.5) is 11.4 Å². The standard InChI is InChI=1S/C25H25N5O3/c1-15-13-16(2)26-23-22(15)25(29-30(23)4)33-14-21(31)27-19-11-8-12-20(17(19)3)28-24(32)18-9-6-5-7-10-18/h5-13H,14H2,1-4H3,(H,27,31)(H,28,32). The number of anilines is 2. The number of benzene rings is 2. The predicted molar refractivity (Wildman–Crippen MR) is 128 cm³/mol. The average molecular weight is 444 g/mol. The molecule has 2 heterocycles. The first-order valence-electron chi connectivity index (χ1n) is 10.5. The van der Waals surface area contributed by atoms with Crippen molar-refractivity contribution in [2.24, 2.45) is 7.05 Å². The fourth-order valence-corrected chi connectivity index (χ4v) is 3.66. The third-order valence-corrected chi connectivity index (χ3v) is 5.32. The number of nitrogens with zero attached hydrogens (tertiary/aromatic N) is 3. The van der Waals surface area contributed by atoms with E-state index in [1.807, 2.05) is 45.0 Å². The van der Waals surface area contributed by atoms with E-state index in [0.717, 1.165) is 22.2 Å². The van der Waals surface area contributed by atoms with E-state index in [1.54, 1.807) is 42.1 Å². The molecule has 0 spiro atoms. The van der Waals surface area contributed by atoms with Gasteiger partial charge in [-0.2, -0.15) is 0 Å². The molecule has 2 N–H and O–H groups in total. The van der Waals surface area contributed by atoms with Gasteiger partial charge in [-0.1, -0.05) is 24.3 Å². The fourth-order valence-electron chi connectivity index (χ4n) is 3.66. The summed E-state index contributed by atoms with van der Waals surface area (Å²) in [5.41, 5.74) is 5.10. The second-order valence-corrected chi connectivity index (χ2v) is 7.84. The molecule has 0 radical (unpaired) electrons. The highest BCUT2D eigenvalue weighted by Gasteiger charge is 2.16. The van der Waals surface area contributed by atoms with Crippen LogP contribution < -0.4 is 15.4 Å². The van der Waals surface area contributed by atoms with Gasteiger partial charge in [-0.15, -0.1) is 5.10 Å². The normalized spacial score (nSPS) is 10.8. The Morgan fingerprint density at radius 2 is 1.67 bits per heavy atom. The molecule has 168 valence electrons. The zero-order valence-electron chi connectivity index (χ0n) is 19.0. The first kappa shape index (κ1) is 22.0. The van der Waals surface area contributed by atoms with Crippen LogP contribution in [-0.4, -0.2) is 33.2 Å². The predicted octanol–water partition coefficient (Wildman–Crippen LogP) is 4.16. The van der Waals surface area contributed by atoms with E-state index in [0.29, 0.717) is 28.5 Å². The third-order valence-electron chi connectivity index (χ3n) is 5.32. The van der Waals surface area contributed by atoms with E-state index in [1.165, 1.54) is 0 Å². The van der Waals surface area contributed by atoms with E-state index < -0.39 is 0 Å².